The van der Waals surface area contributed by atoms with Crippen LogP contribution in [0.3, 0.4) is 0 Å². The number of likely N-dealkylation sites (tertiary alicyclic amines) is 1. The van der Waals surface area contributed by atoms with Crippen molar-refractivity contribution in [1.82, 2.24) is 25.3 Å². The number of nitrogens with zero attached hydrogens (tertiary/aromatic N) is 4. The molecular weight excluding hydrogens is 398 g/mol. The fourth-order valence-corrected chi connectivity index (χ4v) is 3.71. The summed E-state index contributed by atoms with van der Waals surface area (Å²) in [6, 6.07) is 5.52. The van der Waals surface area contributed by atoms with E-state index in [0.29, 0.717) is 29.8 Å². The number of carbonyl (C=O) groups excluding carboxylic acids is 1. The molecule has 9 heteroatoms. The molecule has 0 saturated carbocycles. The maximum Gasteiger partial charge on any atom is 0.241 e. The molecule has 31 heavy (non-hydrogen) atoms. The van der Waals surface area contributed by atoms with Crippen LogP contribution >= 0.6 is 0 Å². The Bertz CT molecular complexity index is 846. The minimum absolute atomic E-state index is 0.0839. The molecule has 1 fully saturated rings. The van der Waals surface area contributed by atoms with Crippen molar-refractivity contribution in [2.75, 3.05) is 54.5 Å². The number of nitrogens with one attached hydrogen (secondary N) is 1. The van der Waals surface area contributed by atoms with E-state index in [-0.39, 0.29) is 11.8 Å². The molecule has 1 aliphatic heterocycles. The minimum Gasteiger partial charge on any atom is -0.493 e. The molecule has 0 bridgehead atoms. The molecule has 0 atom stereocenters. The van der Waals surface area contributed by atoms with Crippen molar-refractivity contribution in [3.8, 4) is 22.9 Å². The van der Waals surface area contributed by atoms with E-state index in [2.05, 4.69) is 25.3 Å². The molecule has 3 rings (SSSR count). The van der Waals surface area contributed by atoms with E-state index in [1.807, 2.05) is 32.3 Å². The van der Waals surface area contributed by atoms with Gasteiger partial charge in [-0.05, 0) is 71.2 Å². The molecule has 1 aliphatic rings. The first kappa shape index (κ1) is 23.0. The van der Waals surface area contributed by atoms with Crippen LogP contribution in [0, 0.1) is 5.92 Å². The smallest absolute Gasteiger partial charge is 0.241 e. The Balaban J connectivity index is 1.47. The van der Waals surface area contributed by atoms with Crippen LogP contribution in [-0.2, 0) is 11.3 Å². The summed E-state index contributed by atoms with van der Waals surface area (Å²) in [6.45, 7) is 3.97. The lowest BCUT2D eigenvalue weighted by atomic mass is 9.96. The van der Waals surface area contributed by atoms with Gasteiger partial charge in [-0.2, -0.15) is 4.98 Å². The standard InChI is InChI=1S/C22H33N5O4/c1-26(2)11-5-10-23-22(28)16-8-12-27(13-9-16)15-20-24-21(25-31-20)17-6-7-18(29-3)19(14-17)30-4/h6-7,14,16H,5,8-13,15H2,1-4H3,(H,23,28). The van der Waals surface area contributed by atoms with Gasteiger partial charge in [0, 0.05) is 18.0 Å². The van der Waals surface area contributed by atoms with Gasteiger partial charge in [-0.25, -0.2) is 0 Å². The number of methoxy groups -OCH3 is 2. The van der Waals surface area contributed by atoms with Crippen molar-refractivity contribution in [1.29, 1.82) is 0 Å². The van der Waals surface area contributed by atoms with Crippen molar-refractivity contribution >= 4 is 5.91 Å². The third kappa shape index (κ3) is 6.41. The van der Waals surface area contributed by atoms with Gasteiger partial charge in [-0.1, -0.05) is 5.16 Å². The van der Waals surface area contributed by atoms with E-state index in [1.54, 1.807) is 14.2 Å². The van der Waals surface area contributed by atoms with Crippen LogP contribution in [0.15, 0.2) is 22.7 Å². The van der Waals surface area contributed by atoms with Gasteiger partial charge in [0.05, 0.1) is 20.8 Å². The van der Waals surface area contributed by atoms with Crippen LogP contribution in [0.4, 0.5) is 0 Å². The zero-order chi connectivity index (χ0) is 22.2. The lowest BCUT2D eigenvalue weighted by Crippen LogP contribution is -2.40. The molecule has 170 valence electrons. The topological polar surface area (TPSA) is 93.0 Å². The average Bonchev–Trinajstić information content (AvgIpc) is 3.25. The van der Waals surface area contributed by atoms with E-state index >= 15 is 0 Å². The Hall–Kier alpha value is -2.65. The third-order valence-corrected chi connectivity index (χ3v) is 5.51. The summed E-state index contributed by atoms with van der Waals surface area (Å²) in [4.78, 5) is 21.3. The molecular formula is C22H33N5O4. The summed E-state index contributed by atoms with van der Waals surface area (Å²) in [6.07, 6.45) is 2.66. The van der Waals surface area contributed by atoms with Crippen LogP contribution < -0.4 is 14.8 Å². The number of benzene rings is 1. The van der Waals surface area contributed by atoms with Crippen LogP contribution in [0.1, 0.15) is 25.2 Å². The highest BCUT2D eigenvalue weighted by atomic mass is 16.5. The Morgan fingerprint density at radius 3 is 2.65 bits per heavy atom. The number of hydrogen-bond donors (Lipinski definition) is 1. The second-order valence-corrected chi connectivity index (χ2v) is 8.08. The largest absolute Gasteiger partial charge is 0.493 e. The van der Waals surface area contributed by atoms with Crippen molar-refractivity contribution in [2.24, 2.45) is 5.92 Å². The highest BCUT2D eigenvalue weighted by Crippen LogP contribution is 2.31. The van der Waals surface area contributed by atoms with Crippen molar-refractivity contribution in [3.05, 3.63) is 24.1 Å². The number of piperidine rings is 1. The Morgan fingerprint density at radius 1 is 1.23 bits per heavy atom. The van der Waals surface area contributed by atoms with E-state index in [9.17, 15) is 4.79 Å². The van der Waals surface area contributed by atoms with Crippen LogP contribution in [0.2, 0.25) is 0 Å². The van der Waals surface area contributed by atoms with Crippen molar-refractivity contribution in [3.63, 3.8) is 0 Å². The first-order valence-electron chi connectivity index (χ1n) is 10.7. The number of ether oxygens (including phenoxy) is 2. The predicted octanol–water partition coefficient (Wildman–Crippen LogP) is 2.03. The summed E-state index contributed by atoms with van der Waals surface area (Å²) in [5, 5.41) is 7.17. The van der Waals surface area contributed by atoms with Crippen molar-refractivity contribution in [2.45, 2.75) is 25.8 Å². The van der Waals surface area contributed by atoms with Gasteiger partial charge in [0.15, 0.2) is 11.5 Å². The van der Waals surface area contributed by atoms with Gasteiger partial charge in [0.25, 0.3) is 0 Å². The van der Waals surface area contributed by atoms with Crippen LogP contribution in [-0.4, -0.2) is 80.3 Å². The van der Waals surface area contributed by atoms with Gasteiger partial charge in [0.2, 0.25) is 17.6 Å². The Kier molecular flexibility index (Phi) is 8.25. The number of amides is 1. The summed E-state index contributed by atoms with van der Waals surface area (Å²) in [7, 11) is 7.27. The number of carbonyl (C=O) groups is 1. The maximum atomic E-state index is 12.4. The third-order valence-electron chi connectivity index (χ3n) is 5.51. The fraction of sp³-hybridized carbons (Fsp3) is 0.591. The van der Waals surface area contributed by atoms with Gasteiger partial charge in [-0.15, -0.1) is 0 Å². The lowest BCUT2D eigenvalue weighted by Gasteiger charge is -2.30. The van der Waals surface area contributed by atoms with E-state index in [4.69, 9.17) is 14.0 Å². The summed E-state index contributed by atoms with van der Waals surface area (Å²) in [5.74, 6) is 2.61. The van der Waals surface area contributed by atoms with Gasteiger partial charge in [-0.3, -0.25) is 9.69 Å². The molecule has 1 amide bonds. The van der Waals surface area contributed by atoms with Crippen molar-refractivity contribution < 1.29 is 18.8 Å². The van der Waals surface area contributed by atoms with Gasteiger partial charge in [0.1, 0.15) is 0 Å². The second-order valence-electron chi connectivity index (χ2n) is 8.08. The molecule has 1 aromatic carbocycles. The number of rotatable bonds is 10. The molecule has 2 heterocycles. The van der Waals surface area contributed by atoms with E-state index in [0.717, 1.165) is 51.0 Å². The molecule has 1 aromatic heterocycles. The summed E-state index contributed by atoms with van der Waals surface area (Å²) >= 11 is 0. The number of hydrogen-bond acceptors (Lipinski definition) is 8. The zero-order valence-electron chi connectivity index (χ0n) is 18.9. The average molecular weight is 432 g/mol. The highest BCUT2D eigenvalue weighted by molar-refractivity contribution is 5.78. The predicted molar refractivity (Wildman–Crippen MR) is 117 cm³/mol. The molecule has 0 unspecified atom stereocenters. The molecule has 1 N–H and O–H groups in total. The highest BCUT2D eigenvalue weighted by Gasteiger charge is 2.26. The first-order valence-corrected chi connectivity index (χ1v) is 10.7. The zero-order valence-corrected chi connectivity index (χ0v) is 18.9. The molecule has 0 radical (unpaired) electrons. The quantitative estimate of drug-likeness (QED) is 0.571. The van der Waals surface area contributed by atoms with E-state index < -0.39 is 0 Å². The molecule has 9 nitrogen and oxygen atoms in total. The first-order chi connectivity index (χ1) is 15.0. The maximum absolute atomic E-state index is 12.4. The fourth-order valence-electron chi connectivity index (χ4n) is 3.71. The van der Waals surface area contributed by atoms with Gasteiger partial charge < -0.3 is 24.2 Å². The molecule has 1 saturated heterocycles. The van der Waals surface area contributed by atoms with Crippen LogP contribution in [0.5, 0.6) is 11.5 Å². The second kappa shape index (κ2) is 11.1. The Morgan fingerprint density at radius 2 is 1.97 bits per heavy atom. The monoisotopic (exact) mass is 431 g/mol. The molecule has 2 aromatic rings. The minimum atomic E-state index is 0.0839. The van der Waals surface area contributed by atoms with E-state index in [1.165, 1.54) is 0 Å². The summed E-state index contributed by atoms with van der Waals surface area (Å²) < 4.78 is 16.1. The normalized spacial score (nSPS) is 15.3. The lowest BCUT2D eigenvalue weighted by molar-refractivity contribution is -0.126. The van der Waals surface area contributed by atoms with Gasteiger partial charge >= 0.3 is 0 Å². The Labute approximate surface area is 183 Å². The summed E-state index contributed by atoms with van der Waals surface area (Å²) in [5.41, 5.74) is 0.803. The number of aromatic nitrogens is 2. The van der Waals surface area contributed by atoms with Crippen LogP contribution in [0.25, 0.3) is 11.4 Å². The SMILES string of the molecule is COc1ccc(-c2noc(CN3CCC(C(=O)NCCCN(C)C)CC3)n2)cc1OC. The molecule has 0 spiro atoms. The molecule has 0 aliphatic carbocycles.